The fraction of sp³-hybridized carbons (Fsp3) is 0.235. The summed E-state index contributed by atoms with van der Waals surface area (Å²) in [4.78, 5) is 28.7. The van der Waals surface area contributed by atoms with Gasteiger partial charge in [-0.3, -0.25) is 14.7 Å². The highest BCUT2D eigenvalue weighted by Gasteiger charge is 2.22. The van der Waals surface area contributed by atoms with Crippen molar-refractivity contribution in [3.8, 4) is 11.4 Å². The van der Waals surface area contributed by atoms with Crippen LogP contribution in [0.25, 0.3) is 11.4 Å². The number of nitrogens with zero attached hydrogens (tertiary/aromatic N) is 3. The van der Waals surface area contributed by atoms with Crippen LogP contribution in [0, 0.1) is 0 Å². The predicted octanol–water partition coefficient (Wildman–Crippen LogP) is 1.95. The molecular weight excluding hydrogens is 340 g/mol. The molecule has 7 nitrogen and oxygen atoms in total. The van der Waals surface area contributed by atoms with E-state index in [1.54, 1.807) is 0 Å². The third kappa shape index (κ3) is 3.16. The van der Waals surface area contributed by atoms with Gasteiger partial charge in [-0.1, -0.05) is 41.9 Å². The van der Waals surface area contributed by atoms with Gasteiger partial charge >= 0.3 is 0 Å². The molecule has 0 bridgehead atoms. The first kappa shape index (κ1) is 15.9. The third-order valence-corrected chi connectivity index (χ3v) is 4.64. The lowest BCUT2D eigenvalue weighted by Crippen LogP contribution is -2.35. The van der Waals surface area contributed by atoms with Crippen LogP contribution in [0.1, 0.15) is 17.0 Å². The van der Waals surface area contributed by atoms with E-state index in [0.717, 1.165) is 29.3 Å². The molecule has 0 radical (unpaired) electrons. The summed E-state index contributed by atoms with van der Waals surface area (Å²) < 4.78 is 0. The van der Waals surface area contributed by atoms with E-state index < -0.39 is 0 Å². The van der Waals surface area contributed by atoms with Crippen molar-refractivity contribution in [1.82, 2.24) is 24.8 Å². The molecule has 0 atom stereocenters. The second-order valence-electron chi connectivity index (χ2n) is 6.06. The van der Waals surface area contributed by atoms with Crippen molar-refractivity contribution >= 4 is 17.5 Å². The van der Waals surface area contributed by atoms with Crippen molar-refractivity contribution in [2.45, 2.75) is 19.5 Å². The Labute approximate surface area is 148 Å². The molecule has 0 unspecified atom stereocenters. The fourth-order valence-corrected chi connectivity index (χ4v) is 3.28. The van der Waals surface area contributed by atoms with Crippen LogP contribution in [0.15, 0.2) is 35.1 Å². The summed E-state index contributed by atoms with van der Waals surface area (Å²) in [7, 11) is 0. The molecule has 4 N–H and O–H groups in total. The second kappa shape index (κ2) is 6.34. The van der Waals surface area contributed by atoms with Crippen molar-refractivity contribution in [1.29, 1.82) is 0 Å². The monoisotopic (exact) mass is 356 g/mol. The number of rotatable bonds is 3. The summed E-state index contributed by atoms with van der Waals surface area (Å²) in [6.45, 7) is 1.87. The third-order valence-electron chi connectivity index (χ3n) is 4.32. The Kier molecular flexibility index (Phi) is 4.03. The SMILES string of the molecule is Nc1nc2c(c(=O)[nH]1)CN(Cc1[nH]c(-c3ccccc3)nc1Cl)CC2. The molecule has 0 spiro atoms. The molecule has 3 aromatic rings. The lowest BCUT2D eigenvalue weighted by Gasteiger charge is -2.27. The summed E-state index contributed by atoms with van der Waals surface area (Å²) in [5.74, 6) is 0.909. The van der Waals surface area contributed by atoms with Gasteiger partial charge in [-0.15, -0.1) is 0 Å². The summed E-state index contributed by atoms with van der Waals surface area (Å²) in [6, 6.07) is 9.83. The van der Waals surface area contributed by atoms with E-state index in [1.807, 2.05) is 30.3 Å². The van der Waals surface area contributed by atoms with Gasteiger partial charge in [-0.05, 0) is 0 Å². The number of hydrogen-bond donors (Lipinski definition) is 3. The highest BCUT2D eigenvalue weighted by molar-refractivity contribution is 6.30. The molecule has 0 fully saturated rings. The number of aromatic nitrogens is 4. The van der Waals surface area contributed by atoms with Crippen LogP contribution in [-0.2, 0) is 19.5 Å². The smallest absolute Gasteiger partial charge is 0.257 e. The molecule has 0 saturated heterocycles. The average Bonchev–Trinajstić information content (AvgIpc) is 2.97. The molecular formula is C17H17ClN6O. The number of anilines is 1. The largest absolute Gasteiger partial charge is 0.369 e. The van der Waals surface area contributed by atoms with Gasteiger partial charge in [-0.25, -0.2) is 9.97 Å². The quantitative estimate of drug-likeness (QED) is 0.665. The van der Waals surface area contributed by atoms with Crippen molar-refractivity contribution in [3.05, 3.63) is 62.8 Å². The lowest BCUT2D eigenvalue weighted by atomic mass is 10.1. The van der Waals surface area contributed by atoms with E-state index in [4.69, 9.17) is 17.3 Å². The summed E-state index contributed by atoms with van der Waals surface area (Å²) >= 11 is 6.30. The van der Waals surface area contributed by atoms with Crippen LogP contribution in [0.3, 0.4) is 0 Å². The number of aromatic amines is 2. The first-order valence-electron chi connectivity index (χ1n) is 8.00. The number of imidazole rings is 1. The van der Waals surface area contributed by atoms with Gasteiger partial charge in [0.1, 0.15) is 5.82 Å². The summed E-state index contributed by atoms with van der Waals surface area (Å²) in [6.07, 6.45) is 0.681. The standard InChI is InChI=1S/C17H17ClN6O/c18-14-13(20-15(22-14)10-4-2-1-3-5-10)9-24-7-6-12-11(8-24)16(25)23-17(19)21-12/h1-5H,6-9H2,(H,20,22)(H3,19,21,23,25). The Balaban J connectivity index is 1.56. The first-order valence-corrected chi connectivity index (χ1v) is 8.37. The molecule has 2 aromatic heterocycles. The van der Waals surface area contributed by atoms with Crippen molar-refractivity contribution in [2.24, 2.45) is 0 Å². The molecule has 0 saturated carbocycles. The Hall–Kier alpha value is -2.64. The van der Waals surface area contributed by atoms with E-state index in [1.165, 1.54) is 0 Å². The van der Waals surface area contributed by atoms with Gasteiger partial charge in [0.25, 0.3) is 5.56 Å². The minimum atomic E-state index is -0.173. The predicted molar refractivity (Wildman–Crippen MR) is 96.1 cm³/mol. The van der Waals surface area contributed by atoms with Gasteiger partial charge in [0, 0.05) is 31.6 Å². The zero-order valence-electron chi connectivity index (χ0n) is 13.4. The van der Waals surface area contributed by atoms with Gasteiger partial charge in [-0.2, -0.15) is 0 Å². The maximum atomic E-state index is 12.1. The molecule has 1 aliphatic rings. The molecule has 128 valence electrons. The number of hydrogen-bond acceptors (Lipinski definition) is 5. The van der Waals surface area contributed by atoms with Crippen LogP contribution >= 0.6 is 11.6 Å². The highest BCUT2D eigenvalue weighted by Crippen LogP contribution is 2.24. The second-order valence-corrected chi connectivity index (χ2v) is 6.42. The average molecular weight is 357 g/mol. The van der Waals surface area contributed by atoms with Gasteiger partial charge in [0.2, 0.25) is 5.95 Å². The van der Waals surface area contributed by atoms with E-state index in [-0.39, 0.29) is 11.5 Å². The summed E-state index contributed by atoms with van der Waals surface area (Å²) in [5, 5.41) is 0.453. The topological polar surface area (TPSA) is 104 Å². The molecule has 1 aromatic carbocycles. The number of nitrogen functional groups attached to an aromatic ring is 1. The maximum Gasteiger partial charge on any atom is 0.257 e. The van der Waals surface area contributed by atoms with E-state index in [9.17, 15) is 4.79 Å². The molecule has 25 heavy (non-hydrogen) atoms. The number of fused-ring (bicyclic) bond motifs is 1. The van der Waals surface area contributed by atoms with Crippen LogP contribution in [0.4, 0.5) is 5.95 Å². The number of halogens is 1. The molecule has 0 amide bonds. The molecule has 0 aliphatic carbocycles. The van der Waals surface area contributed by atoms with Crippen molar-refractivity contribution in [3.63, 3.8) is 0 Å². The van der Waals surface area contributed by atoms with Crippen LogP contribution in [0.2, 0.25) is 5.15 Å². The molecule has 3 heterocycles. The Morgan fingerprint density at radius 1 is 1.20 bits per heavy atom. The zero-order valence-corrected chi connectivity index (χ0v) is 14.2. The Bertz CT molecular complexity index is 965. The van der Waals surface area contributed by atoms with Gasteiger partial charge < -0.3 is 10.7 Å². The van der Waals surface area contributed by atoms with Crippen LogP contribution in [0.5, 0.6) is 0 Å². The van der Waals surface area contributed by atoms with Crippen molar-refractivity contribution < 1.29 is 0 Å². The van der Waals surface area contributed by atoms with Crippen LogP contribution in [-0.4, -0.2) is 31.4 Å². The first-order chi connectivity index (χ1) is 12.1. The van der Waals surface area contributed by atoms with Crippen molar-refractivity contribution in [2.75, 3.05) is 12.3 Å². The Morgan fingerprint density at radius 2 is 2.00 bits per heavy atom. The van der Waals surface area contributed by atoms with Crippen LogP contribution < -0.4 is 11.3 Å². The lowest BCUT2D eigenvalue weighted by molar-refractivity contribution is 0.239. The Morgan fingerprint density at radius 3 is 2.80 bits per heavy atom. The number of nitrogens with two attached hydrogens (primary N) is 1. The number of benzene rings is 1. The summed E-state index contributed by atoms with van der Waals surface area (Å²) in [5.41, 5.74) is 8.70. The molecule has 8 heteroatoms. The fourth-order valence-electron chi connectivity index (χ4n) is 3.08. The maximum absolute atomic E-state index is 12.1. The van der Waals surface area contributed by atoms with E-state index >= 15 is 0 Å². The van der Waals surface area contributed by atoms with E-state index in [0.29, 0.717) is 30.2 Å². The minimum Gasteiger partial charge on any atom is -0.369 e. The number of nitrogens with one attached hydrogen (secondary N) is 2. The molecule has 1 aliphatic heterocycles. The van der Waals surface area contributed by atoms with E-state index in [2.05, 4.69) is 24.8 Å². The zero-order chi connectivity index (χ0) is 17.4. The molecule has 4 rings (SSSR count). The minimum absolute atomic E-state index is 0.168. The van der Waals surface area contributed by atoms with Gasteiger partial charge in [0.05, 0.1) is 17.0 Å². The van der Waals surface area contributed by atoms with Gasteiger partial charge in [0.15, 0.2) is 5.15 Å². The normalized spacial score (nSPS) is 14.4. The highest BCUT2D eigenvalue weighted by atomic mass is 35.5. The number of H-pyrrole nitrogens is 2.